The Morgan fingerprint density at radius 3 is 3.05 bits per heavy atom. The second kappa shape index (κ2) is 4.38. The van der Waals surface area contributed by atoms with Gasteiger partial charge in [-0.2, -0.15) is 0 Å². The highest BCUT2D eigenvalue weighted by atomic mass is 19.1. The standard InChI is InChI=1S/C15H15FN2O/c1-15(19,11-7-12(16)9-17-8-11)13-5-4-10-3-2-6-18-14(10)13/h2-3,6-9,13,19H,4-5H2,1H3. The van der Waals surface area contributed by atoms with Gasteiger partial charge in [0.1, 0.15) is 5.82 Å². The molecule has 0 amide bonds. The van der Waals surface area contributed by atoms with E-state index >= 15 is 0 Å². The van der Waals surface area contributed by atoms with Gasteiger partial charge < -0.3 is 5.11 Å². The van der Waals surface area contributed by atoms with Crippen LogP contribution in [-0.4, -0.2) is 15.1 Å². The van der Waals surface area contributed by atoms with Crippen molar-refractivity contribution in [3.63, 3.8) is 0 Å². The zero-order chi connectivity index (χ0) is 13.5. The lowest BCUT2D eigenvalue weighted by Crippen LogP contribution is -2.29. The van der Waals surface area contributed by atoms with E-state index in [1.165, 1.54) is 12.3 Å². The van der Waals surface area contributed by atoms with Crippen LogP contribution < -0.4 is 0 Å². The molecule has 0 spiro atoms. The minimum atomic E-state index is -1.16. The molecule has 2 atom stereocenters. The van der Waals surface area contributed by atoms with Gasteiger partial charge in [0.05, 0.1) is 11.8 Å². The number of hydrogen-bond donors (Lipinski definition) is 1. The third-order valence-electron chi connectivity index (χ3n) is 3.93. The quantitative estimate of drug-likeness (QED) is 0.900. The lowest BCUT2D eigenvalue weighted by Gasteiger charge is -2.30. The molecule has 2 aromatic rings. The van der Waals surface area contributed by atoms with E-state index in [4.69, 9.17) is 0 Å². The van der Waals surface area contributed by atoms with E-state index in [2.05, 4.69) is 9.97 Å². The van der Waals surface area contributed by atoms with E-state index in [0.29, 0.717) is 5.56 Å². The van der Waals surface area contributed by atoms with E-state index in [9.17, 15) is 9.50 Å². The molecule has 0 aliphatic heterocycles. The summed E-state index contributed by atoms with van der Waals surface area (Å²) in [7, 11) is 0. The van der Waals surface area contributed by atoms with Gasteiger partial charge in [0.15, 0.2) is 0 Å². The van der Waals surface area contributed by atoms with Crippen molar-refractivity contribution in [2.45, 2.75) is 31.3 Å². The van der Waals surface area contributed by atoms with Crippen LogP contribution in [0.5, 0.6) is 0 Å². The number of halogens is 1. The molecule has 0 bridgehead atoms. The van der Waals surface area contributed by atoms with Gasteiger partial charge in [-0.15, -0.1) is 0 Å². The summed E-state index contributed by atoms with van der Waals surface area (Å²) in [4.78, 5) is 8.20. The Bertz CT molecular complexity index is 613. The van der Waals surface area contributed by atoms with E-state index in [0.717, 1.165) is 30.3 Å². The average molecular weight is 258 g/mol. The molecule has 98 valence electrons. The first-order valence-corrected chi connectivity index (χ1v) is 6.36. The van der Waals surface area contributed by atoms with Crippen molar-refractivity contribution in [3.8, 4) is 0 Å². The lowest BCUT2D eigenvalue weighted by molar-refractivity contribution is 0.0250. The minimum Gasteiger partial charge on any atom is -0.385 e. The summed E-state index contributed by atoms with van der Waals surface area (Å²) in [6, 6.07) is 5.27. The Morgan fingerprint density at radius 2 is 2.26 bits per heavy atom. The van der Waals surface area contributed by atoms with Crippen LogP contribution in [0, 0.1) is 5.82 Å². The molecule has 3 rings (SSSR count). The number of fused-ring (bicyclic) bond motifs is 1. The molecular weight excluding hydrogens is 243 g/mol. The van der Waals surface area contributed by atoms with Crippen LogP contribution in [0.3, 0.4) is 0 Å². The highest BCUT2D eigenvalue weighted by Gasteiger charge is 2.40. The number of aryl methyl sites for hydroxylation is 1. The summed E-state index contributed by atoms with van der Waals surface area (Å²) in [5.74, 6) is -0.552. The summed E-state index contributed by atoms with van der Waals surface area (Å²) in [6.07, 6.45) is 6.10. The Labute approximate surface area is 111 Å². The maximum Gasteiger partial charge on any atom is 0.141 e. The molecule has 2 unspecified atom stereocenters. The first kappa shape index (κ1) is 12.2. The predicted molar refractivity (Wildman–Crippen MR) is 69.1 cm³/mol. The predicted octanol–water partition coefficient (Wildman–Crippen LogP) is 2.55. The minimum absolute atomic E-state index is 0.118. The number of pyridine rings is 2. The molecule has 1 aliphatic rings. The van der Waals surface area contributed by atoms with Gasteiger partial charge >= 0.3 is 0 Å². The molecule has 1 aliphatic carbocycles. The third-order valence-corrected chi connectivity index (χ3v) is 3.93. The van der Waals surface area contributed by atoms with Crippen LogP contribution >= 0.6 is 0 Å². The molecular formula is C15H15FN2O. The fraction of sp³-hybridized carbons (Fsp3) is 0.333. The van der Waals surface area contributed by atoms with Crippen molar-refractivity contribution in [1.82, 2.24) is 9.97 Å². The Hall–Kier alpha value is -1.81. The lowest BCUT2D eigenvalue weighted by atomic mass is 9.82. The SMILES string of the molecule is CC(O)(c1cncc(F)c1)C1CCc2cccnc21. The molecule has 2 aromatic heterocycles. The van der Waals surface area contributed by atoms with E-state index in [1.807, 2.05) is 12.1 Å². The van der Waals surface area contributed by atoms with Crippen LogP contribution in [0.2, 0.25) is 0 Å². The molecule has 1 N–H and O–H groups in total. The van der Waals surface area contributed by atoms with Crippen molar-refractivity contribution < 1.29 is 9.50 Å². The molecule has 0 aromatic carbocycles. The molecule has 0 saturated carbocycles. The van der Waals surface area contributed by atoms with Gasteiger partial charge in [-0.25, -0.2) is 4.39 Å². The van der Waals surface area contributed by atoms with Crippen LogP contribution in [0.25, 0.3) is 0 Å². The first-order valence-electron chi connectivity index (χ1n) is 6.36. The van der Waals surface area contributed by atoms with Crippen molar-refractivity contribution >= 4 is 0 Å². The van der Waals surface area contributed by atoms with Crippen molar-refractivity contribution in [2.24, 2.45) is 0 Å². The summed E-state index contributed by atoms with van der Waals surface area (Å²) >= 11 is 0. The number of hydrogen-bond acceptors (Lipinski definition) is 3. The van der Waals surface area contributed by atoms with Crippen LogP contribution in [0.15, 0.2) is 36.8 Å². The number of aromatic nitrogens is 2. The highest BCUT2D eigenvalue weighted by Crippen LogP contribution is 2.44. The van der Waals surface area contributed by atoms with Crippen molar-refractivity contribution in [3.05, 3.63) is 59.4 Å². The van der Waals surface area contributed by atoms with E-state index in [1.54, 1.807) is 13.1 Å². The monoisotopic (exact) mass is 258 g/mol. The Balaban J connectivity index is 2.02. The molecule has 0 radical (unpaired) electrons. The summed E-state index contributed by atoms with van der Waals surface area (Å²) < 4.78 is 13.3. The summed E-state index contributed by atoms with van der Waals surface area (Å²) in [5, 5.41) is 10.8. The van der Waals surface area contributed by atoms with Crippen molar-refractivity contribution in [1.29, 1.82) is 0 Å². The average Bonchev–Trinajstić information content (AvgIpc) is 2.83. The molecule has 19 heavy (non-hydrogen) atoms. The second-order valence-electron chi connectivity index (χ2n) is 5.18. The fourth-order valence-corrected chi connectivity index (χ4v) is 2.85. The van der Waals surface area contributed by atoms with Gasteiger partial charge in [-0.05, 0) is 37.5 Å². The van der Waals surface area contributed by atoms with Gasteiger partial charge in [-0.1, -0.05) is 6.07 Å². The molecule has 0 saturated heterocycles. The smallest absolute Gasteiger partial charge is 0.141 e. The first-order chi connectivity index (χ1) is 9.09. The normalized spacial score (nSPS) is 20.9. The van der Waals surface area contributed by atoms with E-state index in [-0.39, 0.29) is 5.92 Å². The zero-order valence-electron chi connectivity index (χ0n) is 10.7. The highest BCUT2D eigenvalue weighted by molar-refractivity contribution is 5.34. The summed E-state index contributed by atoms with van der Waals surface area (Å²) in [6.45, 7) is 1.71. The Kier molecular flexibility index (Phi) is 2.82. The maximum atomic E-state index is 13.3. The van der Waals surface area contributed by atoms with Gasteiger partial charge in [0.25, 0.3) is 0 Å². The maximum absolute atomic E-state index is 13.3. The number of aliphatic hydroxyl groups is 1. The van der Waals surface area contributed by atoms with E-state index < -0.39 is 11.4 Å². The summed E-state index contributed by atoms with van der Waals surface area (Å²) in [5.41, 5.74) is 1.42. The number of rotatable bonds is 2. The van der Waals surface area contributed by atoms with Crippen LogP contribution in [0.1, 0.15) is 36.1 Å². The van der Waals surface area contributed by atoms with Crippen molar-refractivity contribution in [2.75, 3.05) is 0 Å². The topological polar surface area (TPSA) is 46.0 Å². The molecule has 2 heterocycles. The largest absolute Gasteiger partial charge is 0.385 e. The van der Waals surface area contributed by atoms with Crippen LogP contribution in [0.4, 0.5) is 4.39 Å². The zero-order valence-corrected chi connectivity index (χ0v) is 10.7. The van der Waals surface area contributed by atoms with Gasteiger partial charge in [-0.3, -0.25) is 9.97 Å². The number of nitrogens with zero attached hydrogens (tertiary/aromatic N) is 2. The fourth-order valence-electron chi connectivity index (χ4n) is 2.85. The second-order valence-corrected chi connectivity index (χ2v) is 5.18. The van der Waals surface area contributed by atoms with Gasteiger partial charge in [0, 0.05) is 29.6 Å². The van der Waals surface area contributed by atoms with Gasteiger partial charge in [0.2, 0.25) is 0 Å². The molecule has 3 nitrogen and oxygen atoms in total. The molecule has 0 fully saturated rings. The van der Waals surface area contributed by atoms with Crippen LogP contribution in [-0.2, 0) is 12.0 Å². The Morgan fingerprint density at radius 1 is 1.42 bits per heavy atom. The third kappa shape index (κ3) is 2.02. The molecule has 4 heteroatoms.